The third-order valence-corrected chi connectivity index (χ3v) is 0. The maximum Gasteiger partial charge on any atom is 0 e. The first-order chi connectivity index (χ1) is 0. The topological polar surface area (TPSA) is 0 Å². The summed E-state index contributed by atoms with van der Waals surface area (Å²) >= 11 is 0. The van der Waals surface area contributed by atoms with Gasteiger partial charge in [0.05, 0.1) is 0 Å². The van der Waals surface area contributed by atoms with Gasteiger partial charge in [-0.15, -0.1) is 0 Å². The number of hydrogen-bond donors (Lipinski definition) is 0. The summed E-state index contributed by atoms with van der Waals surface area (Å²) in [5.74, 6) is 0. The molecule has 0 rings (SSSR count). The van der Waals surface area contributed by atoms with Gasteiger partial charge in [0.25, 0.3) is 0 Å². The third-order valence-electron chi connectivity index (χ3n) is 0. The Morgan fingerprint density at radius 3 is 0.375 bits per heavy atom. The molecule has 0 saturated carbocycles. The van der Waals surface area contributed by atoms with Crippen LogP contribution in [0, 0.1) is 0 Å². The zero-order chi connectivity index (χ0) is 0. The second-order valence-corrected chi connectivity index (χ2v) is 0. The van der Waals surface area contributed by atoms with Crippen molar-refractivity contribution < 1.29 is 45.3 Å². The summed E-state index contributed by atoms with van der Waals surface area (Å²) in [6, 6.07) is 0. The second-order valence-electron chi connectivity index (χ2n) is 0. The van der Waals surface area contributed by atoms with Crippen molar-refractivity contribution in [3.05, 3.63) is 0 Å². The summed E-state index contributed by atoms with van der Waals surface area (Å²) in [6.07, 6.45) is 0. The van der Waals surface area contributed by atoms with Crippen LogP contribution >= 0.6 is 0 Å². The van der Waals surface area contributed by atoms with Crippen LogP contribution in [-0.4, -0.2) is 51.4 Å². The Morgan fingerprint density at radius 1 is 0.375 bits per heavy atom. The molecule has 0 fully saturated rings. The summed E-state index contributed by atoms with van der Waals surface area (Å²) in [6.45, 7) is 0. The largest absolute Gasteiger partial charge is 0 e. The molecule has 1 radical (unpaired) electrons. The van der Waals surface area contributed by atoms with Gasteiger partial charge in [0, 0.05) is 17.1 Å². The molecule has 8 heteroatoms. The second kappa shape index (κ2) is 173. The van der Waals surface area contributed by atoms with Crippen LogP contribution in [0.25, 0.3) is 0 Å². The molecule has 0 aliphatic carbocycles. The maximum absolute atomic E-state index is 0. The average Bonchev–Trinajstić information content (AvgIpc) is 0. The Kier molecular flexibility index (Phi) is 5350. The van der Waals surface area contributed by atoms with Crippen LogP contribution in [0.3, 0.4) is 0 Å². The molecule has 0 atom stereocenters. The fraction of sp³-hybridized carbons (Fsp3) is 0. The third kappa shape index (κ3) is 116. The van der Waals surface area contributed by atoms with Crippen LogP contribution in [0.1, 0.15) is 0 Å². The minimum absolute atomic E-state index is 0. The van der Waals surface area contributed by atoms with E-state index in [1.807, 2.05) is 0 Å². The van der Waals surface area contributed by atoms with Crippen molar-refractivity contribution in [2.24, 2.45) is 0 Å². The zero-order valence-electron chi connectivity index (χ0n) is 2.83. The van der Waals surface area contributed by atoms with E-state index in [1.54, 1.807) is 0 Å². The molecule has 0 aromatic heterocycles. The van der Waals surface area contributed by atoms with Crippen LogP contribution in [0.2, 0.25) is 0 Å². The van der Waals surface area contributed by atoms with E-state index >= 15 is 0 Å². The van der Waals surface area contributed by atoms with Crippen molar-refractivity contribution in [2.75, 3.05) is 0 Å². The van der Waals surface area contributed by atoms with Gasteiger partial charge in [-0.2, -0.15) is 0 Å². The predicted molar refractivity (Wildman–Crippen MR) is 22.2 cm³/mol. The minimum atomic E-state index is 0. The van der Waals surface area contributed by atoms with E-state index in [2.05, 4.69) is 0 Å². The molecule has 0 N–H and O–H groups in total. The van der Waals surface area contributed by atoms with Gasteiger partial charge in [-0.3, -0.25) is 28.2 Å². The van der Waals surface area contributed by atoms with Crippen molar-refractivity contribution >= 4 is 51.4 Å². The average molecular weight is 215 g/mol. The van der Waals surface area contributed by atoms with Crippen LogP contribution in [0.4, 0.5) is 28.2 Å². The van der Waals surface area contributed by atoms with Crippen molar-refractivity contribution in [1.29, 1.82) is 0 Å². The van der Waals surface area contributed by atoms with Gasteiger partial charge < -0.3 is 0 Å². The van der Waals surface area contributed by atoms with Gasteiger partial charge in [-0.05, 0) is 0 Å². The molecule has 0 amide bonds. The molecule has 0 aromatic rings. The number of halogens is 6. The molecule has 57 valence electrons. The normalized spacial score (nSPS) is 0. The van der Waals surface area contributed by atoms with Gasteiger partial charge in [0.1, 0.15) is 0 Å². The molecule has 0 unspecified atom stereocenters. The smallest absolute Gasteiger partial charge is 0 e. The number of rotatable bonds is 0. The Labute approximate surface area is 95.3 Å². The molecule has 0 aliphatic rings. The summed E-state index contributed by atoms with van der Waals surface area (Å²) in [7, 11) is 0. The van der Waals surface area contributed by atoms with E-state index in [9.17, 15) is 0 Å². The van der Waals surface area contributed by atoms with Gasteiger partial charge in [-0.1, -0.05) is 0 Å². The summed E-state index contributed by atoms with van der Waals surface area (Å²) in [5.41, 5.74) is 0. The van der Waals surface area contributed by atoms with E-state index in [0.29, 0.717) is 0 Å². The van der Waals surface area contributed by atoms with E-state index in [1.165, 1.54) is 0 Å². The van der Waals surface area contributed by atoms with Crippen LogP contribution < -0.4 is 0 Å². The van der Waals surface area contributed by atoms with Crippen molar-refractivity contribution in [1.82, 2.24) is 0 Å². The molecule has 8 heavy (non-hydrogen) atoms. The Morgan fingerprint density at radius 2 is 0.375 bits per heavy atom. The maximum atomic E-state index is 0. The Bertz CT molecular complexity index is 8.49. The van der Waals surface area contributed by atoms with Crippen molar-refractivity contribution in [3.63, 3.8) is 0 Å². The molecule has 0 bridgehead atoms. The Hall–Kier alpha value is 1.74. The van der Waals surface area contributed by atoms with E-state index in [4.69, 9.17) is 0 Å². The first-order valence-electron chi connectivity index (χ1n) is 0. The molecule has 0 heterocycles. The molecular weight excluding hydrogens is 208 g/mol. The van der Waals surface area contributed by atoms with E-state index in [0.717, 1.165) is 0 Å². The van der Waals surface area contributed by atoms with Crippen LogP contribution in [0.5, 0.6) is 0 Å². The van der Waals surface area contributed by atoms with E-state index < -0.39 is 0 Å². The molecule has 0 aromatic carbocycles. The summed E-state index contributed by atoms with van der Waals surface area (Å²) in [4.78, 5) is 0. The first kappa shape index (κ1) is 247. The molecule has 0 nitrogen and oxygen atoms in total. The van der Waals surface area contributed by atoms with Crippen LogP contribution in [0.15, 0.2) is 0 Å². The fourth-order valence-electron chi connectivity index (χ4n) is 0. The zero-order valence-corrected chi connectivity index (χ0v) is 4.01. The van der Waals surface area contributed by atoms with Gasteiger partial charge in [-0.25, -0.2) is 0 Å². The number of hydrogen-bond acceptors (Lipinski definition) is 0. The van der Waals surface area contributed by atoms with Crippen LogP contribution in [-0.2, 0) is 17.1 Å². The van der Waals surface area contributed by atoms with Gasteiger partial charge in [0.2, 0.25) is 0 Å². The quantitative estimate of drug-likeness (QED) is 0.401. The molecular formula is H7F6KMn. The van der Waals surface area contributed by atoms with Gasteiger partial charge in [0.15, 0.2) is 0 Å². The summed E-state index contributed by atoms with van der Waals surface area (Å²) in [5, 5.41) is 0. The van der Waals surface area contributed by atoms with Gasteiger partial charge >= 0.3 is 51.4 Å². The van der Waals surface area contributed by atoms with Crippen molar-refractivity contribution in [2.45, 2.75) is 0 Å². The molecule has 0 saturated heterocycles. The Balaban J connectivity index is 0. The first-order valence-corrected chi connectivity index (χ1v) is 0. The minimum Gasteiger partial charge on any atom is 0 e. The fourth-order valence-corrected chi connectivity index (χ4v) is 0. The standard InChI is InChI=1S/6FH.K.Mn.H/h6*1H;;;. The predicted octanol–water partition coefficient (Wildman–Crippen LogP) is 0.264. The van der Waals surface area contributed by atoms with E-state index in [-0.39, 0.29) is 96.7 Å². The van der Waals surface area contributed by atoms with Crippen molar-refractivity contribution in [3.8, 4) is 0 Å². The molecule has 0 spiro atoms. The SMILES string of the molecule is F.F.F.F.F.F.[KH].[Mn]. The monoisotopic (exact) mass is 215 g/mol. The molecule has 0 aliphatic heterocycles. The summed E-state index contributed by atoms with van der Waals surface area (Å²) < 4.78 is 0.